The van der Waals surface area contributed by atoms with Gasteiger partial charge in [-0.2, -0.15) is 0 Å². The standard InChI is InChI=1S/C17H24N2O3/c1-11-8-12(2)16(13(3)9-11)22-10-15(20)19-6-4-14(5-7-19)17(18)21/h8-9,14H,4-7,10H2,1-3H3,(H2,18,21). The number of nitrogens with zero attached hydrogens (tertiary/aromatic N) is 1. The Labute approximate surface area is 131 Å². The maximum atomic E-state index is 12.2. The van der Waals surface area contributed by atoms with Gasteiger partial charge in [0.2, 0.25) is 5.91 Å². The summed E-state index contributed by atoms with van der Waals surface area (Å²) in [6, 6.07) is 4.09. The molecular weight excluding hydrogens is 280 g/mol. The minimum Gasteiger partial charge on any atom is -0.483 e. The third-order valence-corrected chi connectivity index (χ3v) is 4.19. The first kappa shape index (κ1) is 16.3. The van der Waals surface area contributed by atoms with Gasteiger partial charge in [0.1, 0.15) is 5.75 Å². The number of amides is 2. The van der Waals surface area contributed by atoms with E-state index in [0.29, 0.717) is 25.9 Å². The second-order valence-corrected chi connectivity index (χ2v) is 6.07. The van der Waals surface area contributed by atoms with E-state index in [0.717, 1.165) is 16.9 Å². The minimum atomic E-state index is -0.269. The van der Waals surface area contributed by atoms with Crippen molar-refractivity contribution in [2.75, 3.05) is 19.7 Å². The Morgan fingerprint density at radius 1 is 1.18 bits per heavy atom. The predicted molar refractivity (Wildman–Crippen MR) is 84.6 cm³/mol. The molecule has 1 heterocycles. The smallest absolute Gasteiger partial charge is 0.260 e. The molecule has 120 valence electrons. The fourth-order valence-corrected chi connectivity index (χ4v) is 3.03. The van der Waals surface area contributed by atoms with E-state index >= 15 is 0 Å². The van der Waals surface area contributed by atoms with Gasteiger partial charge < -0.3 is 15.4 Å². The Balaban J connectivity index is 1.90. The number of aryl methyl sites for hydroxylation is 3. The van der Waals surface area contributed by atoms with Crippen LogP contribution in [0.1, 0.15) is 29.5 Å². The topological polar surface area (TPSA) is 72.6 Å². The van der Waals surface area contributed by atoms with Crippen LogP contribution in [0.3, 0.4) is 0 Å². The largest absolute Gasteiger partial charge is 0.483 e. The number of primary amides is 1. The highest BCUT2D eigenvalue weighted by Crippen LogP contribution is 2.24. The summed E-state index contributed by atoms with van der Waals surface area (Å²) in [5.74, 6) is 0.370. The van der Waals surface area contributed by atoms with Crippen molar-refractivity contribution >= 4 is 11.8 Å². The first-order chi connectivity index (χ1) is 10.4. The SMILES string of the molecule is Cc1cc(C)c(OCC(=O)N2CCC(C(N)=O)CC2)c(C)c1. The number of hydrogen-bond acceptors (Lipinski definition) is 3. The number of carbonyl (C=O) groups is 2. The summed E-state index contributed by atoms with van der Waals surface area (Å²) in [5, 5.41) is 0. The fourth-order valence-electron chi connectivity index (χ4n) is 3.03. The predicted octanol–water partition coefficient (Wildman–Crippen LogP) is 1.71. The highest BCUT2D eigenvalue weighted by atomic mass is 16.5. The maximum Gasteiger partial charge on any atom is 0.260 e. The third kappa shape index (κ3) is 3.78. The molecule has 5 nitrogen and oxygen atoms in total. The molecule has 0 spiro atoms. The molecule has 0 aromatic heterocycles. The molecule has 2 N–H and O–H groups in total. The van der Waals surface area contributed by atoms with Gasteiger partial charge in [-0.3, -0.25) is 9.59 Å². The van der Waals surface area contributed by atoms with Crippen LogP contribution < -0.4 is 10.5 Å². The average molecular weight is 304 g/mol. The number of carbonyl (C=O) groups excluding carboxylic acids is 2. The molecule has 5 heteroatoms. The lowest BCUT2D eigenvalue weighted by molar-refractivity contribution is -0.136. The van der Waals surface area contributed by atoms with E-state index in [2.05, 4.69) is 0 Å². The summed E-state index contributed by atoms with van der Waals surface area (Å²) in [6.45, 7) is 7.18. The molecule has 1 aromatic carbocycles. The Morgan fingerprint density at radius 2 is 1.73 bits per heavy atom. The van der Waals surface area contributed by atoms with E-state index in [9.17, 15) is 9.59 Å². The van der Waals surface area contributed by atoms with Crippen LogP contribution in [-0.4, -0.2) is 36.4 Å². The van der Waals surface area contributed by atoms with Crippen molar-refractivity contribution in [3.05, 3.63) is 28.8 Å². The number of ether oxygens (including phenoxy) is 1. The van der Waals surface area contributed by atoms with E-state index in [1.165, 1.54) is 5.56 Å². The Morgan fingerprint density at radius 3 is 2.23 bits per heavy atom. The number of nitrogens with two attached hydrogens (primary N) is 1. The summed E-state index contributed by atoms with van der Waals surface area (Å²) in [4.78, 5) is 25.1. The fraction of sp³-hybridized carbons (Fsp3) is 0.529. The van der Waals surface area contributed by atoms with Crippen molar-refractivity contribution < 1.29 is 14.3 Å². The van der Waals surface area contributed by atoms with Crippen LogP contribution >= 0.6 is 0 Å². The van der Waals surface area contributed by atoms with Crippen molar-refractivity contribution in [3.63, 3.8) is 0 Å². The molecular formula is C17H24N2O3. The molecule has 0 bridgehead atoms. The molecule has 1 fully saturated rings. The highest BCUT2D eigenvalue weighted by molar-refractivity contribution is 5.79. The number of hydrogen-bond donors (Lipinski definition) is 1. The molecule has 2 amide bonds. The lowest BCUT2D eigenvalue weighted by atomic mass is 9.96. The summed E-state index contributed by atoms with van der Waals surface area (Å²) < 4.78 is 5.73. The number of piperidine rings is 1. The molecule has 22 heavy (non-hydrogen) atoms. The van der Waals surface area contributed by atoms with Crippen LogP contribution in [0.5, 0.6) is 5.75 Å². The Hall–Kier alpha value is -2.04. The van der Waals surface area contributed by atoms with E-state index in [-0.39, 0.29) is 24.3 Å². The molecule has 1 aromatic rings. The molecule has 1 saturated heterocycles. The molecule has 1 aliphatic rings. The van der Waals surface area contributed by atoms with Gasteiger partial charge >= 0.3 is 0 Å². The summed E-state index contributed by atoms with van der Waals surface area (Å²) in [7, 11) is 0. The van der Waals surface area contributed by atoms with Gasteiger partial charge in [0, 0.05) is 19.0 Å². The lowest BCUT2D eigenvalue weighted by Crippen LogP contribution is -2.43. The van der Waals surface area contributed by atoms with Crippen LogP contribution in [0, 0.1) is 26.7 Å². The van der Waals surface area contributed by atoms with Crippen LogP contribution in [0.15, 0.2) is 12.1 Å². The molecule has 1 aliphatic heterocycles. The zero-order valence-electron chi connectivity index (χ0n) is 13.5. The molecule has 0 saturated carbocycles. The van der Waals surface area contributed by atoms with Crippen molar-refractivity contribution in [2.45, 2.75) is 33.6 Å². The van der Waals surface area contributed by atoms with E-state index in [1.54, 1.807) is 4.90 Å². The van der Waals surface area contributed by atoms with Crippen LogP contribution in [0.2, 0.25) is 0 Å². The molecule has 0 radical (unpaired) electrons. The van der Waals surface area contributed by atoms with Gasteiger partial charge in [0.15, 0.2) is 6.61 Å². The van der Waals surface area contributed by atoms with Crippen molar-refractivity contribution in [2.24, 2.45) is 11.7 Å². The van der Waals surface area contributed by atoms with Gasteiger partial charge in [0.25, 0.3) is 5.91 Å². The normalized spacial score (nSPS) is 15.7. The zero-order chi connectivity index (χ0) is 16.3. The maximum absolute atomic E-state index is 12.2. The van der Waals surface area contributed by atoms with Crippen molar-refractivity contribution in [1.29, 1.82) is 0 Å². The summed E-state index contributed by atoms with van der Waals surface area (Å²) in [5.41, 5.74) is 8.56. The van der Waals surface area contributed by atoms with Crippen LogP contribution in [0.25, 0.3) is 0 Å². The Kier molecular flexibility index (Phi) is 5.06. The monoisotopic (exact) mass is 304 g/mol. The number of likely N-dealkylation sites (tertiary alicyclic amines) is 1. The van der Waals surface area contributed by atoms with E-state index in [1.807, 2.05) is 32.9 Å². The quantitative estimate of drug-likeness (QED) is 0.920. The highest BCUT2D eigenvalue weighted by Gasteiger charge is 2.26. The van der Waals surface area contributed by atoms with Gasteiger partial charge in [-0.1, -0.05) is 17.7 Å². The molecule has 0 unspecified atom stereocenters. The van der Waals surface area contributed by atoms with Crippen LogP contribution in [-0.2, 0) is 9.59 Å². The summed E-state index contributed by atoms with van der Waals surface area (Å²) >= 11 is 0. The molecule has 0 aliphatic carbocycles. The molecule has 0 atom stereocenters. The van der Waals surface area contributed by atoms with Crippen molar-refractivity contribution in [3.8, 4) is 5.75 Å². The van der Waals surface area contributed by atoms with Crippen LogP contribution in [0.4, 0.5) is 0 Å². The zero-order valence-corrected chi connectivity index (χ0v) is 13.5. The third-order valence-electron chi connectivity index (χ3n) is 4.19. The second kappa shape index (κ2) is 6.81. The first-order valence-corrected chi connectivity index (χ1v) is 7.66. The van der Waals surface area contributed by atoms with Gasteiger partial charge in [-0.15, -0.1) is 0 Å². The number of benzene rings is 1. The van der Waals surface area contributed by atoms with E-state index in [4.69, 9.17) is 10.5 Å². The minimum absolute atomic E-state index is 0.0337. The lowest BCUT2D eigenvalue weighted by Gasteiger charge is -2.30. The van der Waals surface area contributed by atoms with Gasteiger partial charge in [0.05, 0.1) is 0 Å². The summed E-state index contributed by atoms with van der Waals surface area (Å²) in [6.07, 6.45) is 1.29. The van der Waals surface area contributed by atoms with Gasteiger partial charge in [-0.25, -0.2) is 0 Å². The molecule has 2 rings (SSSR count). The second-order valence-electron chi connectivity index (χ2n) is 6.07. The van der Waals surface area contributed by atoms with Crippen molar-refractivity contribution in [1.82, 2.24) is 4.90 Å². The average Bonchev–Trinajstić information content (AvgIpc) is 2.46. The Bertz CT molecular complexity index is 552. The van der Waals surface area contributed by atoms with E-state index < -0.39 is 0 Å². The first-order valence-electron chi connectivity index (χ1n) is 7.66. The number of rotatable bonds is 4. The van der Waals surface area contributed by atoms with Gasteiger partial charge in [-0.05, 0) is 44.7 Å².